The van der Waals surface area contributed by atoms with E-state index >= 15 is 0 Å². The highest BCUT2D eigenvalue weighted by Gasteiger charge is 2.19. The van der Waals surface area contributed by atoms with E-state index in [0.717, 1.165) is 70.6 Å². The Morgan fingerprint density at radius 2 is 1.94 bits per heavy atom. The highest BCUT2D eigenvalue weighted by molar-refractivity contribution is 7.22. The molecule has 1 N–H and O–H groups in total. The van der Waals surface area contributed by atoms with Crippen LogP contribution in [0.25, 0.3) is 31.8 Å². The van der Waals surface area contributed by atoms with Crippen LogP contribution in [0.3, 0.4) is 0 Å². The maximum atomic E-state index is 9.82. The van der Waals surface area contributed by atoms with Gasteiger partial charge in [-0.25, -0.2) is 0 Å². The van der Waals surface area contributed by atoms with Gasteiger partial charge in [0.1, 0.15) is 17.9 Å². The first-order valence-electron chi connectivity index (χ1n) is 12.2. The fourth-order valence-corrected chi connectivity index (χ4v) is 6.03. The van der Waals surface area contributed by atoms with Crippen molar-refractivity contribution in [2.24, 2.45) is 0 Å². The highest BCUT2D eigenvalue weighted by Crippen LogP contribution is 2.39. The zero-order valence-corrected chi connectivity index (χ0v) is 20.3. The van der Waals surface area contributed by atoms with Gasteiger partial charge >= 0.3 is 0 Å². The van der Waals surface area contributed by atoms with Gasteiger partial charge in [0.25, 0.3) is 0 Å². The molecule has 0 spiro atoms. The molecule has 178 valence electrons. The zero-order chi connectivity index (χ0) is 23.6. The van der Waals surface area contributed by atoms with Crippen molar-refractivity contribution < 1.29 is 9.47 Å². The van der Waals surface area contributed by atoms with Crippen molar-refractivity contribution in [2.45, 2.75) is 37.8 Å². The SMILES string of the molecule is N#Cc1cc(-c2ccnc3cc(-c4cnn(C5CCNCC5)c4)sc23)ccc1OC1CCOCC1. The molecule has 2 aliphatic rings. The third kappa shape index (κ3) is 4.55. The average Bonchev–Trinajstić information content (AvgIpc) is 3.58. The summed E-state index contributed by atoms with van der Waals surface area (Å²) >= 11 is 1.72. The van der Waals surface area contributed by atoms with Gasteiger partial charge in [-0.05, 0) is 55.8 Å². The minimum atomic E-state index is 0.0972. The van der Waals surface area contributed by atoms with Crippen LogP contribution in [-0.4, -0.2) is 47.2 Å². The molecule has 2 saturated heterocycles. The molecule has 0 amide bonds. The van der Waals surface area contributed by atoms with E-state index in [4.69, 9.17) is 9.47 Å². The number of benzene rings is 1. The summed E-state index contributed by atoms with van der Waals surface area (Å²) in [5.41, 5.74) is 4.70. The number of thiophene rings is 1. The van der Waals surface area contributed by atoms with Crippen molar-refractivity contribution in [1.82, 2.24) is 20.1 Å². The number of rotatable bonds is 5. The van der Waals surface area contributed by atoms with Gasteiger partial charge in [0.2, 0.25) is 0 Å². The maximum absolute atomic E-state index is 9.82. The van der Waals surface area contributed by atoms with Gasteiger partial charge < -0.3 is 14.8 Å². The van der Waals surface area contributed by atoms with Gasteiger partial charge in [-0.15, -0.1) is 11.3 Å². The van der Waals surface area contributed by atoms with Crippen LogP contribution in [0.4, 0.5) is 0 Å². The van der Waals surface area contributed by atoms with E-state index < -0.39 is 0 Å². The number of nitrogens with zero attached hydrogens (tertiary/aromatic N) is 4. The van der Waals surface area contributed by atoms with Crippen molar-refractivity contribution in [3.8, 4) is 33.4 Å². The molecule has 2 aliphatic heterocycles. The van der Waals surface area contributed by atoms with Crippen molar-refractivity contribution >= 4 is 21.6 Å². The van der Waals surface area contributed by atoms with Crippen LogP contribution in [0.2, 0.25) is 0 Å². The lowest BCUT2D eigenvalue weighted by atomic mass is 10.0. The molecular formula is C27H27N5O2S. The van der Waals surface area contributed by atoms with Crippen LogP contribution in [0.1, 0.15) is 37.3 Å². The number of hydrogen-bond donors (Lipinski definition) is 1. The zero-order valence-electron chi connectivity index (χ0n) is 19.4. The smallest absolute Gasteiger partial charge is 0.137 e. The van der Waals surface area contributed by atoms with E-state index in [1.54, 1.807) is 11.3 Å². The van der Waals surface area contributed by atoms with E-state index in [1.807, 2.05) is 36.7 Å². The van der Waals surface area contributed by atoms with Crippen molar-refractivity contribution in [3.05, 3.63) is 54.5 Å². The Kier molecular flexibility index (Phi) is 6.21. The first-order valence-corrected chi connectivity index (χ1v) is 13.0. The van der Waals surface area contributed by atoms with E-state index in [2.05, 4.69) is 38.4 Å². The van der Waals surface area contributed by atoms with Gasteiger partial charge in [-0.2, -0.15) is 10.4 Å². The highest BCUT2D eigenvalue weighted by atomic mass is 32.1. The molecule has 6 rings (SSSR count). The largest absolute Gasteiger partial charge is 0.489 e. The number of fused-ring (bicyclic) bond motifs is 1. The van der Waals surface area contributed by atoms with E-state index in [0.29, 0.717) is 30.6 Å². The fraction of sp³-hybridized carbons (Fsp3) is 0.370. The quantitative estimate of drug-likeness (QED) is 0.419. The predicted molar refractivity (Wildman–Crippen MR) is 137 cm³/mol. The summed E-state index contributed by atoms with van der Waals surface area (Å²) < 4.78 is 14.8. The number of hydrogen-bond acceptors (Lipinski definition) is 7. The van der Waals surface area contributed by atoms with Gasteiger partial charge in [-0.1, -0.05) is 6.07 Å². The molecule has 4 aromatic rings. The molecule has 3 aromatic heterocycles. The number of nitriles is 1. The molecule has 5 heterocycles. The first-order chi connectivity index (χ1) is 17.3. The summed E-state index contributed by atoms with van der Waals surface area (Å²) in [5.74, 6) is 0.644. The molecule has 0 bridgehead atoms. The molecule has 0 unspecified atom stereocenters. The minimum Gasteiger partial charge on any atom is -0.489 e. The van der Waals surface area contributed by atoms with Gasteiger partial charge in [-0.3, -0.25) is 9.67 Å². The number of piperidine rings is 1. The number of aromatic nitrogens is 3. The predicted octanol–water partition coefficient (Wildman–Crippen LogP) is 5.18. The molecule has 0 radical (unpaired) electrons. The topological polar surface area (TPSA) is 85.0 Å². The van der Waals surface area contributed by atoms with Crippen molar-refractivity contribution in [1.29, 1.82) is 5.26 Å². The van der Waals surface area contributed by atoms with Gasteiger partial charge in [0, 0.05) is 41.2 Å². The second-order valence-corrected chi connectivity index (χ2v) is 10.2. The first kappa shape index (κ1) is 22.2. The molecule has 0 saturated carbocycles. The Bertz CT molecular complexity index is 1380. The Labute approximate surface area is 208 Å². The second kappa shape index (κ2) is 9.78. The lowest BCUT2D eigenvalue weighted by Gasteiger charge is -2.23. The number of nitrogens with one attached hydrogen (secondary N) is 1. The Morgan fingerprint density at radius 3 is 2.77 bits per heavy atom. The van der Waals surface area contributed by atoms with Gasteiger partial charge in [0.15, 0.2) is 0 Å². The molecule has 35 heavy (non-hydrogen) atoms. The summed E-state index contributed by atoms with van der Waals surface area (Å²) in [6.45, 7) is 3.49. The van der Waals surface area contributed by atoms with Crippen LogP contribution in [0.5, 0.6) is 5.75 Å². The fourth-order valence-electron chi connectivity index (χ4n) is 4.90. The van der Waals surface area contributed by atoms with E-state index in [-0.39, 0.29) is 6.10 Å². The summed E-state index contributed by atoms with van der Waals surface area (Å²) in [6.07, 6.45) is 9.97. The van der Waals surface area contributed by atoms with E-state index in [9.17, 15) is 5.26 Å². The molecule has 7 nitrogen and oxygen atoms in total. The molecule has 0 aliphatic carbocycles. The molecule has 2 fully saturated rings. The molecule has 1 aromatic carbocycles. The maximum Gasteiger partial charge on any atom is 0.137 e. The van der Waals surface area contributed by atoms with Crippen LogP contribution < -0.4 is 10.1 Å². The number of pyridine rings is 1. The molecule has 0 atom stereocenters. The Balaban J connectivity index is 1.30. The molecule has 8 heteroatoms. The monoisotopic (exact) mass is 485 g/mol. The van der Waals surface area contributed by atoms with Crippen LogP contribution >= 0.6 is 11.3 Å². The Hall–Kier alpha value is -3.25. The average molecular weight is 486 g/mol. The van der Waals surface area contributed by atoms with E-state index in [1.165, 1.54) is 0 Å². The lowest BCUT2D eigenvalue weighted by Crippen LogP contribution is -2.29. The van der Waals surface area contributed by atoms with Crippen LogP contribution in [-0.2, 0) is 4.74 Å². The second-order valence-electron chi connectivity index (χ2n) is 9.13. The number of ether oxygens (including phenoxy) is 2. The molecular weight excluding hydrogens is 458 g/mol. The summed E-state index contributed by atoms with van der Waals surface area (Å²) in [5, 5.41) is 17.9. The summed E-state index contributed by atoms with van der Waals surface area (Å²) in [4.78, 5) is 5.77. The summed E-state index contributed by atoms with van der Waals surface area (Å²) in [7, 11) is 0. The third-order valence-corrected chi connectivity index (χ3v) is 8.06. The third-order valence-electron chi connectivity index (χ3n) is 6.85. The van der Waals surface area contributed by atoms with Crippen LogP contribution in [0, 0.1) is 11.3 Å². The van der Waals surface area contributed by atoms with Crippen molar-refractivity contribution in [2.75, 3.05) is 26.3 Å². The van der Waals surface area contributed by atoms with Gasteiger partial charge in [0.05, 0.1) is 41.2 Å². The van der Waals surface area contributed by atoms with Crippen molar-refractivity contribution in [3.63, 3.8) is 0 Å². The lowest BCUT2D eigenvalue weighted by molar-refractivity contribution is 0.0254. The van der Waals surface area contributed by atoms with Crippen LogP contribution in [0.15, 0.2) is 48.9 Å². The Morgan fingerprint density at radius 1 is 1.09 bits per heavy atom. The normalized spacial score (nSPS) is 17.5. The summed E-state index contributed by atoms with van der Waals surface area (Å²) in [6, 6.07) is 12.8. The standard InChI is InChI=1S/C27H27N5O2S/c28-15-19-13-18(1-2-25(19)34-22-6-11-33-12-7-22)23-5-10-30-24-14-26(35-27(23)24)20-16-31-32(17-20)21-3-8-29-9-4-21/h1-2,5,10,13-14,16-17,21-22,29H,3-4,6-9,11-12H2. The minimum absolute atomic E-state index is 0.0972.